The molecular formula is C18H26O2. The lowest BCUT2D eigenvalue weighted by atomic mass is 9.61. The molecular weight excluding hydrogens is 248 g/mol. The van der Waals surface area contributed by atoms with Crippen LogP contribution in [0.2, 0.25) is 0 Å². The highest BCUT2D eigenvalue weighted by atomic mass is 16.3. The Hall–Kier alpha value is -0.630. The van der Waals surface area contributed by atoms with Crippen LogP contribution in [0.25, 0.3) is 0 Å². The molecule has 0 heterocycles. The first-order chi connectivity index (χ1) is 9.29. The van der Waals surface area contributed by atoms with Crippen LogP contribution in [0.3, 0.4) is 0 Å². The zero-order valence-electron chi connectivity index (χ0n) is 12.9. The van der Waals surface area contributed by atoms with E-state index in [0.29, 0.717) is 24.2 Å². The Morgan fingerprint density at radius 3 is 2.40 bits per heavy atom. The fourth-order valence-corrected chi connectivity index (χ4v) is 6.04. The van der Waals surface area contributed by atoms with Gasteiger partial charge in [0.05, 0.1) is 0 Å². The summed E-state index contributed by atoms with van der Waals surface area (Å²) >= 11 is 0. The molecule has 4 bridgehead atoms. The first-order valence-electron chi connectivity index (χ1n) is 8.25. The summed E-state index contributed by atoms with van der Waals surface area (Å²) in [6.45, 7) is 6.69. The van der Waals surface area contributed by atoms with E-state index in [1.54, 1.807) is 0 Å². The van der Waals surface area contributed by atoms with Gasteiger partial charge in [0.1, 0.15) is 5.60 Å². The average molecular weight is 274 g/mol. The number of allylic oxidation sites excluding steroid dienone is 2. The van der Waals surface area contributed by atoms with Gasteiger partial charge in [0.25, 0.3) is 0 Å². The highest BCUT2D eigenvalue weighted by Gasteiger charge is 2.71. The predicted molar refractivity (Wildman–Crippen MR) is 78.0 cm³/mol. The van der Waals surface area contributed by atoms with Gasteiger partial charge >= 0.3 is 0 Å². The second kappa shape index (κ2) is 3.58. The Labute approximate surface area is 121 Å². The van der Waals surface area contributed by atoms with Gasteiger partial charge in [-0.15, -0.1) is 0 Å². The first-order valence-corrected chi connectivity index (χ1v) is 8.25. The highest BCUT2D eigenvalue weighted by Crippen LogP contribution is 2.70. The Balaban J connectivity index is 1.69. The summed E-state index contributed by atoms with van der Waals surface area (Å²) < 4.78 is 0. The summed E-state index contributed by atoms with van der Waals surface area (Å²) in [6, 6.07) is 0. The molecule has 110 valence electrons. The predicted octanol–water partition coefficient (Wildman–Crippen LogP) is 3.35. The Bertz CT molecular complexity index is 506. The van der Waals surface area contributed by atoms with E-state index >= 15 is 0 Å². The maximum Gasteiger partial charge on any atom is 0.168 e. The van der Waals surface area contributed by atoms with E-state index < -0.39 is 5.60 Å². The zero-order chi connectivity index (χ0) is 14.3. The monoisotopic (exact) mass is 274 g/mol. The lowest BCUT2D eigenvalue weighted by Crippen LogP contribution is -2.55. The number of rotatable bonds is 2. The molecule has 3 fully saturated rings. The Kier molecular flexibility index (Phi) is 2.34. The van der Waals surface area contributed by atoms with Crippen molar-refractivity contribution in [3.05, 3.63) is 12.2 Å². The number of carbonyl (C=O) groups is 1. The fraction of sp³-hybridized carbons (Fsp3) is 0.833. The van der Waals surface area contributed by atoms with Crippen LogP contribution in [0.5, 0.6) is 0 Å². The van der Waals surface area contributed by atoms with Crippen LogP contribution >= 0.6 is 0 Å². The molecule has 0 aromatic carbocycles. The van der Waals surface area contributed by atoms with Crippen LogP contribution in [0.1, 0.15) is 52.9 Å². The number of Topliss-reactive ketones (excluding diaryl/α,β-unsaturated/α-hetero) is 1. The van der Waals surface area contributed by atoms with Crippen molar-refractivity contribution in [2.24, 2.45) is 34.5 Å². The molecule has 0 amide bonds. The third-order valence-electron chi connectivity index (χ3n) is 7.91. The number of carbonyl (C=O) groups excluding carboxylic acids is 1. The molecule has 0 aromatic heterocycles. The standard InChI is InChI=1S/C18H26O2/c1-16(2)13-6-7-17(16,3)18(20,10-13)15(19)14-9-11-4-5-12(14)8-11/h4-5,11-14,20H,6-10H2,1-3H3/t11-,12+,13-,14-,17-,18+/m1/s1. The van der Waals surface area contributed by atoms with Crippen molar-refractivity contribution >= 4 is 5.78 Å². The molecule has 4 rings (SSSR count). The summed E-state index contributed by atoms with van der Waals surface area (Å²) in [7, 11) is 0. The second-order valence-corrected chi connectivity index (χ2v) is 8.60. The number of fused-ring (bicyclic) bond motifs is 4. The molecule has 3 saturated carbocycles. The molecule has 0 unspecified atom stereocenters. The van der Waals surface area contributed by atoms with Gasteiger partial charge in [-0.3, -0.25) is 4.79 Å². The largest absolute Gasteiger partial charge is 0.381 e. The fourth-order valence-electron chi connectivity index (χ4n) is 6.04. The van der Waals surface area contributed by atoms with Crippen molar-refractivity contribution in [1.29, 1.82) is 0 Å². The third kappa shape index (κ3) is 1.24. The molecule has 4 aliphatic carbocycles. The zero-order valence-corrected chi connectivity index (χ0v) is 12.9. The van der Waals surface area contributed by atoms with E-state index in [1.165, 1.54) is 6.42 Å². The number of ketones is 1. The van der Waals surface area contributed by atoms with Crippen LogP contribution in [-0.2, 0) is 4.79 Å². The minimum atomic E-state index is -1.07. The minimum absolute atomic E-state index is 0.0852. The SMILES string of the molecule is CC1(C)[C@@H]2CC[C@@]1(C)[C@@](O)(C(=O)[C@@H]1C[C@@H]3C=C[C@H]1C3)C2. The van der Waals surface area contributed by atoms with Crippen LogP contribution in [0.4, 0.5) is 0 Å². The lowest BCUT2D eigenvalue weighted by Gasteiger charge is -2.45. The first kappa shape index (κ1) is 13.1. The molecule has 0 radical (unpaired) electrons. The number of aliphatic hydroxyl groups is 1. The average Bonchev–Trinajstić information content (AvgIpc) is 3.10. The van der Waals surface area contributed by atoms with Gasteiger partial charge in [0, 0.05) is 11.3 Å². The molecule has 20 heavy (non-hydrogen) atoms. The summed E-state index contributed by atoms with van der Waals surface area (Å²) in [5.74, 6) is 1.77. The highest BCUT2D eigenvalue weighted by molar-refractivity contribution is 5.92. The number of hydrogen-bond donors (Lipinski definition) is 1. The lowest BCUT2D eigenvalue weighted by molar-refractivity contribution is -0.160. The van der Waals surface area contributed by atoms with Crippen LogP contribution in [0, 0.1) is 34.5 Å². The van der Waals surface area contributed by atoms with Crippen molar-refractivity contribution in [3.8, 4) is 0 Å². The van der Waals surface area contributed by atoms with Crippen molar-refractivity contribution in [2.45, 2.75) is 58.5 Å². The van der Waals surface area contributed by atoms with Crippen LogP contribution < -0.4 is 0 Å². The summed E-state index contributed by atoms with van der Waals surface area (Å²) in [5.41, 5.74) is -1.21. The van der Waals surface area contributed by atoms with E-state index in [9.17, 15) is 9.90 Å². The quantitative estimate of drug-likeness (QED) is 0.784. The summed E-state index contributed by atoms with van der Waals surface area (Å²) in [5, 5.41) is 11.4. The summed E-state index contributed by atoms with van der Waals surface area (Å²) in [4.78, 5) is 13.2. The van der Waals surface area contributed by atoms with Gasteiger partial charge in [-0.25, -0.2) is 0 Å². The van der Waals surface area contributed by atoms with E-state index in [4.69, 9.17) is 0 Å². The molecule has 0 aromatic rings. The molecule has 6 atom stereocenters. The smallest absolute Gasteiger partial charge is 0.168 e. The van der Waals surface area contributed by atoms with Crippen LogP contribution in [0.15, 0.2) is 12.2 Å². The molecule has 2 nitrogen and oxygen atoms in total. The molecule has 1 N–H and O–H groups in total. The topological polar surface area (TPSA) is 37.3 Å². The maximum absolute atomic E-state index is 13.2. The van der Waals surface area contributed by atoms with E-state index in [-0.39, 0.29) is 22.5 Å². The van der Waals surface area contributed by atoms with Gasteiger partial charge in [-0.1, -0.05) is 32.9 Å². The van der Waals surface area contributed by atoms with Gasteiger partial charge < -0.3 is 5.11 Å². The molecule has 2 heteroatoms. The van der Waals surface area contributed by atoms with E-state index in [0.717, 1.165) is 19.3 Å². The Morgan fingerprint density at radius 1 is 1.20 bits per heavy atom. The minimum Gasteiger partial charge on any atom is -0.381 e. The van der Waals surface area contributed by atoms with Gasteiger partial charge in [-0.05, 0) is 55.3 Å². The van der Waals surface area contributed by atoms with E-state index in [2.05, 4.69) is 32.9 Å². The maximum atomic E-state index is 13.2. The molecule has 0 aliphatic heterocycles. The molecule has 4 aliphatic rings. The van der Waals surface area contributed by atoms with Gasteiger partial charge in [0.2, 0.25) is 0 Å². The van der Waals surface area contributed by atoms with Crippen molar-refractivity contribution in [3.63, 3.8) is 0 Å². The van der Waals surface area contributed by atoms with Gasteiger partial charge in [0.15, 0.2) is 5.78 Å². The molecule has 0 spiro atoms. The van der Waals surface area contributed by atoms with Crippen molar-refractivity contribution < 1.29 is 9.90 Å². The Morgan fingerprint density at radius 2 is 1.95 bits per heavy atom. The normalized spacial score (nSPS) is 54.8. The van der Waals surface area contributed by atoms with Crippen LogP contribution in [-0.4, -0.2) is 16.5 Å². The molecule has 0 saturated heterocycles. The van der Waals surface area contributed by atoms with Gasteiger partial charge in [-0.2, -0.15) is 0 Å². The van der Waals surface area contributed by atoms with Crippen molar-refractivity contribution in [2.75, 3.05) is 0 Å². The third-order valence-corrected chi connectivity index (χ3v) is 7.91. The number of hydrogen-bond acceptors (Lipinski definition) is 2. The van der Waals surface area contributed by atoms with E-state index in [1.807, 2.05) is 0 Å². The van der Waals surface area contributed by atoms with Crippen molar-refractivity contribution in [1.82, 2.24) is 0 Å². The second-order valence-electron chi connectivity index (χ2n) is 8.60. The summed E-state index contributed by atoms with van der Waals surface area (Å²) in [6.07, 6.45) is 9.48.